The molecule has 0 atom stereocenters. The Morgan fingerprint density at radius 2 is 1.00 bits per heavy atom. The molecule has 2 aromatic rings. The Balaban J connectivity index is 2.01. The van der Waals surface area contributed by atoms with E-state index in [0.29, 0.717) is 0 Å². The number of hydrogen-bond acceptors (Lipinski definition) is 2. The molecule has 0 aromatic heterocycles. The molecule has 1 fully saturated rings. The van der Waals surface area contributed by atoms with Crippen LogP contribution in [0.4, 0.5) is 8.78 Å². The van der Waals surface area contributed by atoms with Crippen molar-refractivity contribution in [2.75, 3.05) is 0 Å². The molecule has 88 valence electrons. The molecule has 0 N–H and O–H groups in total. The van der Waals surface area contributed by atoms with Crippen LogP contribution in [0.1, 0.15) is 0 Å². The van der Waals surface area contributed by atoms with Crippen LogP contribution in [0.5, 0.6) is 0 Å². The van der Waals surface area contributed by atoms with E-state index in [1.165, 1.54) is 24.3 Å². The van der Waals surface area contributed by atoms with E-state index in [1.807, 2.05) is 0 Å². The van der Waals surface area contributed by atoms with Gasteiger partial charge < -0.3 is 0 Å². The van der Waals surface area contributed by atoms with Crippen molar-refractivity contribution in [3.05, 3.63) is 60.2 Å². The normalized spacial score (nSPS) is 18.7. The van der Waals surface area contributed by atoms with Gasteiger partial charge in [0, 0.05) is 0 Å². The molecule has 0 aliphatic carbocycles. The Hall–Kier alpha value is -1.35. The van der Waals surface area contributed by atoms with Crippen molar-refractivity contribution in [2.45, 2.75) is 0 Å². The van der Waals surface area contributed by atoms with Crippen molar-refractivity contribution in [3.8, 4) is 0 Å². The maximum absolute atomic E-state index is 12.8. The first-order chi connectivity index (χ1) is 8.21. The van der Waals surface area contributed by atoms with Crippen LogP contribution < -0.4 is 10.6 Å². The Morgan fingerprint density at radius 1 is 0.647 bits per heavy atom. The molecule has 1 aliphatic heterocycles. The quantitative estimate of drug-likeness (QED) is 0.467. The molecule has 3 rings (SSSR count). The van der Waals surface area contributed by atoms with Gasteiger partial charge in [-0.3, -0.25) is 0 Å². The summed E-state index contributed by atoms with van der Waals surface area (Å²) in [7, 11) is -2.58. The first-order valence-electron chi connectivity index (χ1n) is 5.10. The van der Waals surface area contributed by atoms with Crippen molar-refractivity contribution in [1.29, 1.82) is 0 Å². The van der Waals surface area contributed by atoms with Gasteiger partial charge in [0.05, 0.1) is 0 Å². The van der Waals surface area contributed by atoms with Gasteiger partial charge in [-0.2, -0.15) is 0 Å². The van der Waals surface area contributed by atoms with Gasteiger partial charge in [0.15, 0.2) is 0 Å². The van der Waals surface area contributed by atoms with E-state index < -0.39 is 7.72 Å². The van der Waals surface area contributed by atoms with Crippen molar-refractivity contribution in [1.82, 2.24) is 0 Å². The van der Waals surface area contributed by atoms with Gasteiger partial charge in [-0.1, -0.05) is 0 Å². The van der Waals surface area contributed by atoms with Gasteiger partial charge in [0.25, 0.3) is 0 Å². The van der Waals surface area contributed by atoms with E-state index in [-0.39, 0.29) is 11.6 Å². The van der Waals surface area contributed by atoms with E-state index in [0.717, 1.165) is 10.6 Å². The van der Waals surface area contributed by atoms with Gasteiger partial charge in [0.1, 0.15) is 0 Å². The van der Waals surface area contributed by atoms with Crippen LogP contribution >= 0.6 is 7.72 Å². The molecule has 2 aromatic carbocycles. The summed E-state index contributed by atoms with van der Waals surface area (Å²) in [6.07, 6.45) is 0. The number of benzene rings is 2. The molecular formula is C12H9F2O2P. The van der Waals surface area contributed by atoms with Crippen molar-refractivity contribution < 1.29 is 18.1 Å². The second kappa shape index (κ2) is 3.84. The summed E-state index contributed by atoms with van der Waals surface area (Å²) in [5.41, 5.74) is 0. The van der Waals surface area contributed by atoms with E-state index in [2.05, 4.69) is 0 Å². The average molecular weight is 254 g/mol. The van der Waals surface area contributed by atoms with Crippen LogP contribution in [-0.4, -0.2) is 0 Å². The number of rotatable bonds is 2. The van der Waals surface area contributed by atoms with E-state index in [4.69, 9.17) is 9.35 Å². The van der Waals surface area contributed by atoms with E-state index in [1.54, 1.807) is 24.3 Å². The molecule has 0 saturated carbocycles. The fraction of sp³-hybridized carbons (Fsp3) is 0. The van der Waals surface area contributed by atoms with Gasteiger partial charge in [0.2, 0.25) is 0 Å². The predicted molar refractivity (Wildman–Crippen MR) is 62.6 cm³/mol. The van der Waals surface area contributed by atoms with Crippen LogP contribution in [0.25, 0.3) is 0 Å². The summed E-state index contributed by atoms with van der Waals surface area (Å²) < 4.78 is 36.0. The molecule has 2 nitrogen and oxygen atoms in total. The van der Waals surface area contributed by atoms with Gasteiger partial charge in [-0.25, -0.2) is 0 Å². The summed E-state index contributed by atoms with van der Waals surface area (Å²) in [5.74, 6) is -0.615. The molecule has 5 heteroatoms. The first-order valence-corrected chi connectivity index (χ1v) is 6.91. The summed E-state index contributed by atoms with van der Waals surface area (Å²) in [6.45, 7) is 0. The minimum atomic E-state index is -2.58. The Kier molecular flexibility index (Phi) is 2.44. The molecule has 1 heterocycles. The molecule has 0 unspecified atom stereocenters. The molecule has 0 spiro atoms. The number of halogens is 2. The molecule has 1 saturated heterocycles. The Morgan fingerprint density at radius 3 is 1.29 bits per heavy atom. The molecule has 0 amide bonds. The van der Waals surface area contributed by atoms with Crippen LogP contribution in [0, 0.1) is 11.6 Å². The molecule has 17 heavy (non-hydrogen) atoms. The zero-order valence-electron chi connectivity index (χ0n) is 8.69. The van der Waals surface area contributed by atoms with Crippen molar-refractivity contribution in [3.63, 3.8) is 0 Å². The Bertz CT molecular complexity index is 488. The second-order valence-electron chi connectivity index (χ2n) is 3.80. The van der Waals surface area contributed by atoms with Crippen LogP contribution in [0.3, 0.4) is 0 Å². The SMILES string of the molecule is Fc1ccc([PH]2(c3ccc(F)cc3)OO2)cc1. The van der Waals surface area contributed by atoms with Crippen molar-refractivity contribution in [2.24, 2.45) is 0 Å². The fourth-order valence-corrected chi connectivity index (χ4v) is 4.00. The molecule has 0 bridgehead atoms. The predicted octanol–water partition coefficient (Wildman–Crippen LogP) is 2.46. The summed E-state index contributed by atoms with van der Waals surface area (Å²) >= 11 is 0. The van der Waals surface area contributed by atoms with E-state index in [9.17, 15) is 8.78 Å². The standard InChI is InChI=1S/C12H9F2O2P/c13-9-1-5-11(6-2-9)17(15-16-17)12-7-3-10(14)4-8-12/h1-8,17H. The molecule has 0 radical (unpaired) electrons. The fourth-order valence-electron chi connectivity index (χ4n) is 1.74. The molecule has 1 aliphatic rings. The van der Waals surface area contributed by atoms with Gasteiger partial charge in [-0.15, -0.1) is 0 Å². The van der Waals surface area contributed by atoms with Crippen LogP contribution in [0.2, 0.25) is 0 Å². The minimum absolute atomic E-state index is 0.308. The monoisotopic (exact) mass is 254 g/mol. The third kappa shape index (κ3) is 1.84. The second-order valence-corrected chi connectivity index (χ2v) is 6.52. The zero-order valence-corrected chi connectivity index (χ0v) is 9.69. The van der Waals surface area contributed by atoms with Crippen molar-refractivity contribution >= 4 is 18.3 Å². The van der Waals surface area contributed by atoms with Crippen LogP contribution in [-0.2, 0) is 9.35 Å². The summed E-state index contributed by atoms with van der Waals surface area (Å²) in [6, 6.07) is 12.0. The number of hydrogen-bond donors (Lipinski definition) is 0. The topological polar surface area (TPSA) is 25.1 Å². The van der Waals surface area contributed by atoms with Crippen LogP contribution in [0.15, 0.2) is 48.5 Å². The van der Waals surface area contributed by atoms with Gasteiger partial charge >= 0.3 is 96.6 Å². The van der Waals surface area contributed by atoms with Gasteiger partial charge in [-0.05, 0) is 0 Å². The molecular weight excluding hydrogens is 245 g/mol. The maximum atomic E-state index is 12.8. The zero-order chi connectivity index (χ0) is 11.9. The average Bonchev–Trinajstić information content (AvgIpc) is 3.12. The van der Waals surface area contributed by atoms with E-state index >= 15 is 0 Å². The summed E-state index contributed by atoms with van der Waals surface area (Å²) in [5, 5.41) is 1.62. The summed E-state index contributed by atoms with van der Waals surface area (Å²) in [4.78, 5) is 0. The third-order valence-corrected chi connectivity index (χ3v) is 5.39. The third-order valence-electron chi connectivity index (χ3n) is 2.70. The Labute approximate surface area is 97.2 Å². The first kappa shape index (κ1) is 10.8.